The summed E-state index contributed by atoms with van der Waals surface area (Å²) in [5.74, 6) is -0.188. The van der Waals surface area contributed by atoms with Crippen molar-refractivity contribution in [2.75, 3.05) is 12.8 Å². The highest BCUT2D eigenvalue weighted by Crippen LogP contribution is 2.42. The van der Waals surface area contributed by atoms with Crippen LogP contribution in [0.4, 0.5) is 0 Å². The number of likely N-dealkylation sites (tertiary alicyclic amines) is 1. The van der Waals surface area contributed by atoms with Gasteiger partial charge in [-0.3, -0.25) is 4.79 Å². The fraction of sp³-hybridized carbons (Fsp3) is 0.500. The average molecular weight is 333 g/mol. The normalized spacial score (nSPS) is 23.9. The molecule has 1 saturated heterocycles. The van der Waals surface area contributed by atoms with E-state index in [1.165, 1.54) is 6.26 Å². The summed E-state index contributed by atoms with van der Waals surface area (Å²) in [6, 6.07) is 9.95. The molecule has 1 unspecified atom stereocenters. The highest BCUT2D eigenvalue weighted by molar-refractivity contribution is 7.93. The number of nitrogens with zero attached hydrogens (tertiary/aromatic N) is 1. The summed E-state index contributed by atoms with van der Waals surface area (Å²) < 4.78 is 23.2. The molecular formula is C18H23NO3S. The van der Waals surface area contributed by atoms with Gasteiger partial charge in [0.1, 0.15) is 0 Å². The Labute approximate surface area is 138 Å². The van der Waals surface area contributed by atoms with Crippen LogP contribution in [0, 0.1) is 0 Å². The summed E-state index contributed by atoms with van der Waals surface area (Å²) in [4.78, 5) is 14.7. The molecule has 0 radical (unpaired) electrons. The maximum Gasteiger partial charge on any atom is 0.244 e. The van der Waals surface area contributed by atoms with Crippen molar-refractivity contribution in [3.63, 3.8) is 0 Å². The topological polar surface area (TPSA) is 54.5 Å². The number of carbonyl (C=O) groups excluding carboxylic acids is 1. The Morgan fingerprint density at radius 2 is 1.91 bits per heavy atom. The molecule has 1 aromatic carbocycles. The Balaban J connectivity index is 1.79. The van der Waals surface area contributed by atoms with Crippen molar-refractivity contribution in [2.24, 2.45) is 0 Å². The molecule has 124 valence electrons. The number of sulfone groups is 1. The summed E-state index contributed by atoms with van der Waals surface area (Å²) in [6.45, 7) is 0.653. The smallest absolute Gasteiger partial charge is 0.244 e. The predicted octanol–water partition coefficient (Wildman–Crippen LogP) is 2.66. The van der Waals surface area contributed by atoms with Crippen LogP contribution in [0.5, 0.6) is 0 Å². The lowest BCUT2D eigenvalue weighted by Gasteiger charge is -2.42. The van der Waals surface area contributed by atoms with E-state index < -0.39 is 14.6 Å². The molecule has 1 aliphatic carbocycles. The van der Waals surface area contributed by atoms with Gasteiger partial charge in [0.15, 0.2) is 14.6 Å². The van der Waals surface area contributed by atoms with Gasteiger partial charge in [-0.1, -0.05) is 42.5 Å². The lowest BCUT2D eigenvalue weighted by molar-refractivity contribution is -0.136. The molecule has 2 aliphatic rings. The van der Waals surface area contributed by atoms with Crippen molar-refractivity contribution >= 4 is 21.8 Å². The molecule has 1 saturated carbocycles. The van der Waals surface area contributed by atoms with E-state index in [9.17, 15) is 13.2 Å². The van der Waals surface area contributed by atoms with Gasteiger partial charge in [-0.25, -0.2) is 8.42 Å². The van der Waals surface area contributed by atoms with Crippen molar-refractivity contribution in [2.45, 2.75) is 42.9 Å². The van der Waals surface area contributed by atoms with Gasteiger partial charge in [0.2, 0.25) is 5.91 Å². The molecule has 23 heavy (non-hydrogen) atoms. The van der Waals surface area contributed by atoms with Crippen LogP contribution in [0.15, 0.2) is 36.4 Å². The third-order valence-corrected chi connectivity index (χ3v) is 7.13. The second-order valence-corrected chi connectivity index (χ2v) is 8.92. The first kappa shape index (κ1) is 16.2. The molecule has 1 amide bonds. The van der Waals surface area contributed by atoms with Crippen LogP contribution in [-0.4, -0.2) is 42.8 Å². The van der Waals surface area contributed by atoms with Crippen LogP contribution in [-0.2, 0) is 14.6 Å². The Bertz CT molecular complexity index is 705. The Morgan fingerprint density at radius 3 is 2.48 bits per heavy atom. The number of rotatable bonds is 4. The highest BCUT2D eigenvalue weighted by Gasteiger charge is 2.55. The molecule has 0 N–H and O–H groups in total. The number of amides is 1. The van der Waals surface area contributed by atoms with Crippen LogP contribution in [0.1, 0.15) is 37.7 Å². The zero-order valence-electron chi connectivity index (χ0n) is 13.4. The Hall–Kier alpha value is -1.62. The standard InChI is InChI=1S/C18H23NO3S/c1-23(21,22)18(12-6-13-18)17(20)19-14-5-9-16(19)11-10-15-7-3-2-4-8-15/h2-4,7-8,10-11,16H,5-6,9,12-14H2,1H3/b11-10+. The molecule has 0 spiro atoms. The van der Waals surface area contributed by atoms with Crippen LogP contribution in [0.3, 0.4) is 0 Å². The third kappa shape index (κ3) is 2.94. The number of hydrogen-bond acceptors (Lipinski definition) is 3. The minimum Gasteiger partial charge on any atom is -0.335 e. The molecule has 0 aromatic heterocycles. The average Bonchev–Trinajstić information content (AvgIpc) is 2.91. The minimum absolute atomic E-state index is 0.00179. The molecule has 1 heterocycles. The molecule has 4 nitrogen and oxygen atoms in total. The van der Waals surface area contributed by atoms with Crippen molar-refractivity contribution < 1.29 is 13.2 Å². The van der Waals surface area contributed by atoms with Gasteiger partial charge in [0.05, 0.1) is 6.04 Å². The van der Waals surface area contributed by atoms with Gasteiger partial charge >= 0.3 is 0 Å². The highest BCUT2D eigenvalue weighted by atomic mass is 32.2. The molecular weight excluding hydrogens is 310 g/mol. The predicted molar refractivity (Wildman–Crippen MR) is 91.6 cm³/mol. The van der Waals surface area contributed by atoms with Crippen molar-refractivity contribution in [3.8, 4) is 0 Å². The lowest BCUT2D eigenvalue weighted by Crippen LogP contribution is -2.58. The van der Waals surface area contributed by atoms with Gasteiger partial charge in [-0.15, -0.1) is 0 Å². The van der Waals surface area contributed by atoms with E-state index in [-0.39, 0.29) is 11.9 Å². The minimum atomic E-state index is -3.37. The van der Waals surface area contributed by atoms with E-state index in [0.29, 0.717) is 19.4 Å². The summed E-state index contributed by atoms with van der Waals surface area (Å²) in [6.07, 6.45) is 8.84. The molecule has 1 atom stereocenters. The summed E-state index contributed by atoms with van der Waals surface area (Å²) >= 11 is 0. The maximum absolute atomic E-state index is 12.9. The van der Waals surface area contributed by atoms with Gasteiger partial charge in [-0.2, -0.15) is 0 Å². The van der Waals surface area contributed by atoms with Crippen LogP contribution in [0.2, 0.25) is 0 Å². The number of hydrogen-bond donors (Lipinski definition) is 0. The first-order valence-corrected chi connectivity index (χ1v) is 10.1. The molecule has 5 heteroatoms. The van der Waals surface area contributed by atoms with Crippen LogP contribution < -0.4 is 0 Å². The summed E-state index contributed by atoms with van der Waals surface area (Å²) in [7, 11) is -3.37. The van der Waals surface area contributed by atoms with E-state index in [0.717, 1.165) is 24.8 Å². The van der Waals surface area contributed by atoms with E-state index in [2.05, 4.69) is 0 Å². The van der Waals surface area contributed by atoms with Gasteiger partial charge in [0.25, 0.3) is 0 Å². The summed E-state index contributed by atoms with van der Waals surface area (Å²) in [5, 5.41) is 0. The monoisotopic (exact) mass is 333 g/mol. The number of carbonyl (C=O) groups is 1. The first-order chi connectivity index (χ1) is 10.9. The third-order valence-electron chi connectivity index (χ3n) is 5.13. The van der Waals surface area contributed by atoms with Crippen molar-refractivity contribution in [3.05, 3.63) is 42.0 Å². The maximum atomic E-state index is 12.9. The second-order valence-electron chi connectivity index (χ2n) is 6.60. The molecule has 0 bridgehead atoms. The molecule has 3 rings (SSSR count). The largest absolute Gasteiger partial charge is 0.335 e. The van der Waals surface area contributed by atoms with E-state index in [1.807, 2.05) is 42.5 Å². The van der Waals surface area contributed by atoms with Gasteiger partial charge in [0, 0.05) is 12.8 Å². The first-order valence-electron chi connectivity index (χ1n) is 8.18. The van der Waals surface area contributed by atoms with Crippen molar-refractivity contribution in [1.82, 2.24) is 4.90 Å². The fourth-order valence-electron chi connectivity index (χ4n) is 3.53. The molecule has 2 fully saturated rings. The zero-order chi connectivity index (χ0) is 16.5. The number of benzene rings is 1. The zero-order valence-corrected chi connectivity index (χ0v) is 14.3. The van der Waals surface area contributed by atoms with Gasteiger partial charge < -0.3 is 4.90 Å². The van der Waals surface area contributed by atoms with Gasteiger partial charge in [-0.05, 0) is 37.7 Å². The second kappa shape index (κ2) is 6.11. The Kier molecular flexibility index (Phi) is 4.32. The molecule has 1 aromatic rings. The fourth-order valence-corrected chi connectivity index (χ4v) is 5.00. The van der Waals surface area contributed by atoms with Crippen LogP contribution >= 0.6 is 0 Å². The van der Waals surface area contributed by atoms with Crippen molar-refractivity contribution in [1.29, 1.82) is 0 Å². The van der Waals surface area contributed by atoms with E-state index in [1.54, 1.807) is 4.90 Å². The van der Waals surface area contributed by atoms with E-state index >= 15 is 0 Å². The summed E-state index contributed by atoms with van der Waals surface area (Å²) in [5.41, 5.74) is 1.09. The lowest BCUT2D eigenvalue weighted by atomic mass is 9.83. The Morgan fingerprint density at radius 1 is 1.22 bits per heavy atom. The SMILES string of the molecule is CS(=O)(=O)C1(C(=O)N2CCCC2/C=C/c2ccccc2)CCC1. The van der Waals surface area contributed by atoms with E-state index in [4.69, 9.17) is 0 Å². The van der Waals surface area contributed by atoms with Crippen LogP contribution in [0.25, 0.3) is 6.08 Å². The molecule has 1 aliphatic heterocycles. The quantitative estimate of drug-likeness (QED) is 0.851.